The van der Waals surface area contributed by atoms with E-state index in [0.717, 1.165) is 0 Å². The Morgan fingerprint density at radius 1 is 0.444 bits per heavy atom. The summed E-state index contributed by atoms with van der Waals surface area (Å²) in [5, 5.41) is 0. The summed E-state index contributed by atoms with van der Waals surface area (Å²) >= 11 is 0. The van der Waals surface area contributed by atoms with E-state index in [2.05, 4.69) is 0 Å². The fourth-order valence-electron chi connectivity index (χ4n) is 0. The first-order valence-electron chi connectivity index (χ1n) is 0. The van der Waals surface area contributed by atoms with Crippen molar-refractivity contribution in [2.45, 2.75) is 0 Å². The Hall–Kier alpha value is 7.59. The summed E-state index contributed by atoms with van der Waals surface area (Å²) in [5.41, 5.74) is 0. The van der Waals surface area contributed by atoms with Crippen LogP contribution >= 0.6 is 0 Å². The monoisotopic (exact) mass is 912 g/mol. The molecule has 0 aromatic rings. The van der Waals surface area contributed by atoms with E-state index >= 15 is 0 Å². The van der Waals surface area contributed by atoms with E-state index in [1.807, 2.05) is 0 Å². The van der Waals surface area contributed by atoms with Crippen LogP contribution in [0.1, 0.15) is 0 Å². The molecule has 9 heavy (non-hydrogen) atoms. The van der Waals surface area contributed by atoms with Crippen LogP contribution in [0.2, 0.25) is 0 Å². The Kier molecular flexibility index (Phi) is 448. The van der Waals surface area contributed by atoms with Gasteiger partial charge in [-0.3, -0.25) is 0 Å². The summed E-state index contributed by atoms with van der Waals surface area (Å²) in [6, 6.07) is 0. The van der Waals surface area contributed by atoms with Crippen LogP contribution in [0.5, 0.6) is 0 Å². The fraction of sp³-hybridized carbons (Fsp3) is 0. The maximum atomic E-state index is 0. The Balaban J connectivity index is 0. The Bertz CT molecular complexity index is 17.8. The van der Waals surface area contributed by atoms with Crippen LogP contribution in [-0.2, 0) is 81.8 Å². The van der Waals surface area contributed by atoms with Crippen molar-refractivity contribution in [1.82, 2.24) is 0 Å². The molecular formula is O3Tm2Y2Yb2. The SMILES string of the molecule is [O-2].[O-2].[O-2].[Tm].[Tm].[Y].[Y].[Yb+3].[Yb+3]. The van der Waals surface area contributed by atoms with Crippen LogP contribution in [-0.4, -0.2) is 0 Å². The second kappa shape index (κ2) is 57.6. The predicted octanol–water partition coefficient (Wildman–Crippen LogP) is -0.361. The maximum Gasteiger partial charge on any atom is 3.00 e. The van der Waals surface area contributed by atoms with Crippen LogP contribution < -0.4 is 0 Å². The van der Waals surface area contributed by atoms with Gasteiger partial charge in [-0.2, -0.15) is 0 Å². The van der Waals surface area contributed by atoms with Gasteiger partial charge >= 0.3 is 93.8 Å². The summed E-state index contributed by atoms with van der Waals surface area (Å²) in [4.78, 5) is 0. The van der Waals surface area contributed by atoms with Gasteiger partial charge in [0.1, 0.15) is 0 Å². The van der Waals surface area contributed by atoms with Gasteiger partial charge in [0.2, 0.25) is 0 Å². The molecule has 0 saturated carbocycles. The van der Waals surface area contributed by atoms with Gasteiger partial charge in [-0.1, -0.05) is 0 Å². The summed E-state index contributed by atoms with van der Waals surface area (Å²) in [6.07, 6.45) is 0. The Labute approximate surface area is 241 Å². The van der Waals surface area contributed by atoms with E-state index in [9.17, 15) is 0 Å². The quantitative estimate of drug-likeness (QED) is 0.319. The molecule has 0 atom stereocenters. The van der Waals surface area contributed by atoms with E-state index in [-0.39, 0.29) is 249 Å². The average Bonchev–Trinajstić information content (AvgIpc) is 0. The second-order valence-electron chi connectivity index (χ2n) is 0. The number of rotatable bonds is 0. The third-order valence-corrected chi connectivity index (χ3v) is 0. The molecule has 0 N–H and O–H groups in total. The van der Waals surface area contributed by atoms with Gasteiger partial charge in [-0.15, -0.1) is 0 Å². The van der Waals surface area contributed by atoms with Gasteiger partial charge in [0.25, 0.3) is 0 Å². The van der Waals surface area contributed by atoms with Crippen molar-refractivity contribution in [3.05, 3.63) is 0 Å². The molecule has 78 valence electrons. The van der Waals surface area contributed by atoms with Crippen LogP contribution in [0.3, 0.4) is 0 Å². The zero-order chi connectivity index (χ0) is 0. The normalized spacial score (nSPS) is 0. The topological polar surface area (TPSA) is 85.5 Å². The smallest absolute Gasteiger partial charge is 2.00 e. The standard InChI is InChI=1S/3O.2Tm.2Y.2Yb/q3*-2;;;;;2*+3. The first kappa shape index (κ1) is 70.0. The largest absolute Gasteiger partial charge is 3.00 e. The molecule has 0 saturated heterocycles. The fourth-order valence-corrected chi connectivity index (χ4v) is 0. The van der Waals surface area contributed by atoms with E-state index in [0.29, 0.717) is 0 Å². The molecule has 0 bridgehead atoms. The minimum atomic E-state index is 0. The van der Waals surface area contributed by atoms with Crippen LogP contribution in [0.4, 0.5) is 0 Å². The van der Waals surface area contributed by atoms with Crippen LogP contribution in [0.15, 0.2) is 0 Å². The molecule has 0 heterocycles. The van der Waals surface area contributed by atoms with Crippen molar-refractivity contribution in [1.29, 1.82) is 0 Å². The minimum absolute atomic E-state index is 0. The van der Waals surface area contributed by atoms with Crippen molar-refractivity contribution in [3.63, 3.8) is 0 Å². The molecule has 0 fully saturated rings. The zero-order valence-corrected chi connectivity index (χ0v) is 16.1. The average molecular weight is 910 g/mol. The second-order valence-corrected chi connectivity index (χ2v) is 0. The zero-order valence-electron chi connectivity index (χ0n) is 3.47. The molecule has 3 nitrogen and oxygen atoms in total. The Morgan fingerprint density at radius 2 is 0.444 bits per heavy atom. The summed E-state index contributed by atoms with van der Waals surface area (Å²) in [6.45, 7) is 0. The molecule has 0 aliphatic heterocycles. The molecule has 9 heteroatoms. The van der Waals surface area contributed by atoms with Crippen molar-refractivity contribution < 1.29 is 249 Å². The van der Waals surface area contributed by atoms with E-state index in [1.54, 1.807) is 0 Å². The van der Waals surface area contributed by atoms with Gasteiger partial charge in [-0.25, -0.2) is 0 Å². The van der Waals surface area contributed by atoms with Crippen LogP contribution in [0, 0.1) is 168 Å². The van der Waals surface area contributed by atoms with Crippen molar-refractivity contribution in [2.75, 3.05) is 0 Å². The Morgan fingerprint density at radius 3 is 0.444 bits per heavy atom. The molecule has 0 rings (SSSR count). The predicted molar refractivity (Wildman–Crippen MR) is 2.06 cm³/mol. The molecule has 6 radical (unpaired) electrons. The molecule has 0 unspecified atom stereocenters. The molecular weight excluding hydrogens is 910 g/mol. The van der Waals surface area contributed by atoms with Gasteiger partial charge in [0, 0.05) is 139 Å². The molecule has 0 spiro atoms. The van der Waals surface area contributed by atoms with Crippen LogP contribution in [0.25, 0.3) is 0 Å². The molecule has 0 aromatic heterocycles. The van der Waals surface area contributed by atoms with E-state index in [4.69, 9.17) is 0 Å². The first-order valence-corrected chi connectivity index (χ1v) is 0. The third-order valence-electron chi connectivity index (χ3n) is 0. The third kappa shape index (κ3) is 50.0. The van der Waals surface area contributed by atoms with Gasteiger partial charge in [0.05, 0.1) is 0 Å². The van der Waals surface area contributed by atoms with Crippen molar-refractivity contribution in [3.8, 4) is 0 Å². The van der Waals surface area contributed by atoms with Crippen molar-refractivity contribution >= 4 is 0 Å². The van der Waals surface area contributed by atoms with E-state index in [1.165, 1.54) is 0 Å². The summed E-state index contributed by atoms with van der Waals surface area (Å²) in [7, 11) is 0. The molecule has 0 aliphatic rings. The summed E-state index contributed by atoms with van der Waals surface area (Å²) in [5.74, 6) is 0. The molecule has 0 amide bonds. The molecule has 0 aromatic carbocycles. The first-order chi connectivity index (χ1) is 0. The van der Waals surface area contributed by atoms with Gasteiger partial charge in [-0.05, 0) is 0 Å². The van der Waals surface area contributed by atoms with Crippen molar-refractivity contribution in [2.24, 2.45) is 0 Å². The number of hydrogen-bond donors (Lipinski definition) is 0. The molecule has 0 aliphatic carbocycles. The minimum Gasteiger partial charge on any atom is -2.00 e. The van der Waals surface area contributed by atoms with Gasteiger partial charge < -0.3 is 16.4 Å². The van der Waals surface area contributed by atoms with E-state index < -0.39 is 0 Å². The summed E-state index contributed by atoms with van der Waals surface area (Å²) < 4.78 is 0. The number of hydrogen-bond acceptors (Lipinski definition) is 0. The maximum absolute atomic E-state index is 0. The van der Waals surface area contributed by atoms with Gasteiger partial charge in [0.15, 0.2) is 0 Å².